The monoisotopic (exact) mass is 326 g/mol. The molecule has 1 amide bonds. The quantitative estimate of drug-likeness (QED) is 0.797. The van der Waals surface area contributed by atoms with Gasteiger partial charge in [0.1, 0.15) is 0 Å². The predicted octanol–water partition coefficient (Wildman–Crippen LogP) is 2.35. The molecule has 124 valence electrons. The first-order valence-corrected chi connectivity index (χ1v) is 7.62. The van der Waals surface area contributed by atoms with Crippen molar-refractivity contribution in [2.45, 2.75) is 13.5 Å². The Kier molecular flexibility index (Phi) is 4.77. The van der Waals surface area contributed by atoms with Crippen LogP contribution in [0.15, 0.2) is 42.5 Å². The molecule has 0 saturated carbocycles. The van der Waals surface area contributed by atoms with Gasteiger partial charge in [0.25, 0.3) is 0 Å². The van der Waals surface area contributed by atoms with Gasteiger partial charge in [0.15, 0.2) is 17.3 Å². The lowest BCUT2D eigenvalue weighted by atomic mass is 10.1. The van der Waals surface area contributed by atoms with E-state index in [1.165, 1.54) is 6.92 Å². The van der Waals surface area contributed by atoms with Crippen molar-refractivity contribution in [2.24, 2.45) is 0 Å². The van der Waals surface area contributed by atoms with Gasteiger partial charge in [-0.15, -0.1) is 0 Å². The van der Waals surface area contributed by atoms with Gasteiger partial charge in [-0.1, -0.05) is 6.07 Å². The van der Waals surface area contributed by atoms with Crippen LogP contribution in [0.3, 0.4) is 0 Å². The van der Waals surface area contributed by atoms with Crippen LogP contribution in [0.25, 0.3) is 0 Å². The second kappa shape index (κ2) is 7.14. The number of anilines is 1. The first-order valence-electron chi connectivity index (χ1n) is 7.62. The highest BCUT2D eigenvalue weighted by Gasteiger charge is 2.13. The van der Waals surface area contributed by atoms with E-state index < -0.39 is 0 Å². The molecule has 0 radical (unpaired) electrons. The molecule has 1 aliphatic heterocycles. The van der Waals surface area contributed by atoms with Crippen LogP contribution in [0, 0.1) is 0 Å². The Morgan fingerprint density at radius 1 is 1.04 bits per heavy atom. The number of ketones is 1. The van der Waals surface area contributed by atoms with E-state index >= 15 is 0 Å². The predicted molar refractivity (Wildman–Crippen MR) is 89.3 cm³/mol. The Bertz CT molecular complexity index is 756. The number of nitrogens with one attached hydrogen (secondary N) is 2. The van der Waals surface area contributed by atoms with E-state index in [0.717, 1.165) is 17.1 Å². The molecular formula is C18H18N2O4. The van der Waals surface area contributed by atoms with Crippen molar-refractivity contribution in [2.75, 3.05) is 18.7 Å². The van der Waals surface area contributed by atoms with Crippen molar-refractivity contribution < 1.29 is 19.1 Å². The molecule has 1 heterocycles. The van der Waals surface area contributed by atoms with Gasteiger partial charge >= 0.3 is 0 Å². The van der Waals surface area contributed by atoms with Crippen LogP contribution in [0.1, 0.15) is 22.8 Å². The second-order valence-corrected chi connectivity index (χ2v) is 5.47. The molecule has 2 N–H and O–H groups in total. The minimum atomic E-state index is -0.147. The molecule has 0 aromatic heterocycles. The second-order valence-electron chi connectivity index (χ2n) is 5.47. The highest BCUT2D eigenvalue weighted by molar-refractivity contribution is 5.96. The molecule has 6 heteroatoms. The zero-order valence-electron chi connectivity index (χ0n) is 13.3. The van der Waals surface area contributed by atoms with Crippen molar-refractivity contribution in [1.82, 2.24) is 5.32 Å². The number of carbonyl (C=O) groups excluding carboxylic acids is 2. The minimum Gasteiger partial charge on any atom is -0.454 e. The lowest BCUT2D eigenvalue weighted by Crippen LogP contribution is -2.27. The van der Waals surface area contributed by atoms with Crippen molar-refractivity contribution >= 4 is 17.4 Å². The number of hydrogen-bond donors (Lipinski definition) is 2. The van der Waals surface area contributed by atoms with Gasteiger partial charge in [-0.25, -0.2) is 0 Å². The number of hydrogen-bond acceptors (Lipinski definition) is 5. The van der Waals surface area contributed by atoms with Gasteiger partial charge in [0.05, 0.1) is 6.54 Å². The van der Waals surface area contributed by atoms with E-state index in [1.807, 2.05) is 18.2 Å². The highest BCUT2D eigenvalue weighted by Crippen LogP contribution is 2.32. The van der Waals surface area contributed by atoms with Crippen molar-refractivity contribution in [3.05, 3.63) is 53.6 Å². The van der Waals surface area contributed by atoms with E-state index in [1.54, 1.807) is 24.3 Å². The molecule has 0 atom stereocenters. The molecule has 6 nitrogen and oxygen atoms in total. The molecule has 0 unspecified atom stereocenters. The maximum atomic E-state index is 11.9. The van der Waals surface area contributed by atoms with Gasteiger partial charge in [0, 0.05) is 17.8 Å². The molecular weight excluding hydrogens is 308 g/mol. The summed E-state index contributed by atoms with van der Waals surface area (Å²) < 4.78 is 10.6. The molecule has 0 aliphatic carbocycles. The molecule has 1 aliphatic rings. The Balaban J connectivity index is 1.46. The summed E-state index contributed by atoms with van der Waals surface area (Å²) in [6.07, 6.45) is 0. The van der Waals surface area contributed by atoms with Crippen LogP contribution in [0.2, 0.25) is 0 Å². The number of amides is 1. The van der Waals surface area contributed by atoms with E-state index in [4.69, 9.17) is 9.47 Å². The maximum absolute atomic E-state index is 11.9. The summed E-state index contributed by atoms with van der Waals surface area (Å²) in [4.78, 5) is 23.1. The molecule has 3 rings (SSSR count). The number of carbonyl (C=O) groups is 2. The Morgan fingerprint density at radius 3 is 2.54 bits per heavy atom. The first-order chi connectivity index (χ1) is 11.6. The summed E-state index contributed by atoms with van der Waals surface area (Å²) in [5, 5.41) is 5.86. The zero-order chi connectivity index (χ0) is 16.9. The lowest BCUT2D eigenvalue weighted by molar-refractivity contribution is -0.115. The van der Waals surface area contributed by atoms with E-state index in [0.29, 0.717) is 17.8 Å². The third-order valence-corrected chi connectivity index (χ3v) is 3.63. The van der Waals surface area contributed by atoms with Crippen LogP contribution < -0.4 is 20.1 Å². The van der Waals surface area contributed by atoms with Crippen LogP contribution in [-0.4, -0.2) is 25.0 Å². The molecule has 0 bridgehead atoms. The van der Waals surface area contributed by atoms with Crippen LogP contribution in [0.5, 0.6) is 11.5 Å². The van der Waals surface area contributed by atoms with E-state index in [9.17, 15) is 9.59 Å². The fourth-order valence-electron chi connectivity index (χ4n) is 2.36. The number of fused-ring (bicyclic) bond motifs is 1. The molecule has 24 heavy (non-hydrogen) atoms. The summed E-state index contributed by atoms with van der Waals surface area (Å²) in [6, 6.07) is 12.5. The highest BCUT2D eigenvalue weighted by atomic mass is 16.7. The van der Waals surface area contributed by atoms with Crippen molar-refractivity contribution in [3.63, 3.8) is 0 Å². The maximum Gasteiger partial charge on any atom is 0.238 e. The molecule has 0 fully saturated rings. The van der Waals surface area contributed by atoms with Gasteiger partial charge in [-0.05, 0) is 48.9 Å². The lowest BCUT2D eigenvalue weighted by Gasteiger charge is -2.08. The van der Waals surface area contributed by atoms with E-state index in [2.05, 4.69) is 10.6 Å². The van der Waals surface area contributed by atoms with Gasteiger partial charge in [-0.2, -0.15) is 0 Å². The molecule has 0 spiro atoms. The third kappa shape index (κ3) is 3.91. The van der Waals surface area contributed by atoms with Gasteiger partial charge < -0.3 is 20.1 Å². The summed E-state index contributed by atoms with van der Waals surface area (Å²) in [7, 11) is 0. The Labute approximate surface area is 139 Å². The molecule has 0 saturated heterocycles. The summed E-state index contributed by atoms with van der Waals surface area (Å²) in [5.74, 6) is 1.32. The number of ether oxygens (including phenoxy) is 2. The fraction of sp³-hybridized carbons (Fsp3) is 0.222. The number of Topliss-reactive ketones (excluding diaryl/α,β-unsaturated/α-hetero) is 1. The third-order valence-electron chi connectivity index (χ3n) is 3.63. The van der Waals surface area contributed by atoms with Crippen LogP contribution in [0.4, 0.5) is 5.69 Å². The zero-order valence-corrected chi connectivity index (χ0v) is 13.3. The summed E-state index contributed by atoms with van der Waals surface area (Å²) >= 11 is 0. The van der Waals surface area contributed by atoms with Crippen molar-refractivity contribution in [3.8, 4) is 11.5 Å². The standard InChI is InChI=1S/C18H18N2O4/c1-12(21)14-3-5-15(6-4-14)20-18(22)10-19-9-13-2-7-16-17(8-13)24-11-23-16/h2-8,19H,9-11H2,1H3,(H,20,22). The molecule has 2 aromatic rings. The van der Waals surface area contributed by atoms with Crippen LogP contribution in [-0.2, 0) is 11.3 Å². The van der Waals surface area contributed by atoms with Gasteiger partial charge in [0.2, 0.25) is 12.7 Å². The summed E-state index contributed by atoms with van der Waals surface area (Å²) in [6.45, 7) is 2.49. The topological polar surface area (TPSA) is 76.7 Å². The normalized spacial score (nSPS) is 12.0. The SMILES string of the molecule is CC(=O)c1ccc(NC(=O)CNCc2ccc3c(c2)OCO3)cc1. The largest absolute Gasteiger partial charge is 0.454 e. The Morgan fingerprint density at radius 2 is 1.79 bits per heavy atom. The Hall–Kier alpha value is -2.86. The number of benzene rings is 2. The average Bonchev–Trinajstić information content (AvgIpc) is 3.03. The molecule has 2 aromatic carbocycles. The average molecular weight is 326 g/mol. The first kappa shape index (κ1) is 16.0. The minimum absolute atomic E-state index is 0.00160. The van der Waals surface area contributed by atoms with Crippen LogP contribution >= 0.6 is 0 Å². The van der Waals surface area contributed by atoms with E-state index in [-0.39, 0.29) is 25.0 Å². The summed E-state index contributed by atoms with van der Waals surface area (Å²) in [5.41, 5.74) is 2.29. The smallest absolute Gasteiger partial charge is 0.238 e. The van der Waals surface area contributed by atoms with Gasteiger partial charge in [-0.3, -0.25) is 9.59 Å². The number of rotatable bonds is 6. The van der Waals surface area contributed by atoms with Crippen molar-refractivity contribution in [1.29, 1.82) is 0 Å². The fourth-order valence-corrected chi connectivity index (χ4v) is 2.36.